The lowest BCUT2D eigenvalue weighted by molar-refractivity contribution is 0.285. The quantitative estimate of drug-likeness (QED) is 0.426. The summed E-state index contributed by atoms with van der Waals surface area (Å²) in [6.45, 7) is 7.00. The normalized spacial score (nSPS) is 11.3. The van der Waals surface area contributed by atoms with Crippen LogP contribution in [0, 0.1) is 12.8 Å². The summed E-state index contributed by atoms with van der Waals surface area (Å²) in [7, 11) is 1.56. The molecule has 19 heavy (non-hydrogen) atoms. The lowest BCUT2D eigenvalue weighted by Gasteiger charge is -2.10. The topological polar surface area (TPSA) is 43.7 Å². The molecule has 0 amide bonds. The van der Waals surface area contributed by atoms with E-state index in [9.17, 15) is 0 Å². The smallest absolute Gasteiger partial charge is 0.228 e. The number of rotatable bonds is 7. The molecule has 0 fully saturated rings. The summed E-state index contributed by atoms with van der Waals surface area (Å²) in [6.07, 6.45) is 3.58. The number of hydrogen-bond donors (Lipinski definition) is 0. The molecule has 1 heterocycles. The van der Waals surface area contributed by atoms with Gasteiger partial charge in [0, 0.05) is 0 Å². The summed E-state index contributed by atoms with van der Waals surface area (Å²) >= 11 is 3.45. The van der Waals surface area contributed by atoms with Gasteiger partial charge in [-0.1, -0.05) is 13.8 Å². The van der Waals surface area contributed by atoms with Gasteiger partial charge in [0.25, 0.3) is 0 Å². The number of aryl methyl sites for hydroxylation is 1. The first kappa shape index (κ1) is 16.0. The molecule has 0 aliphatic heterocycles. The standard InChI is InChI=1S/C14H21BrN2O2/c1-10(2)6-5-7-19-14-12(15)8-13(11(3)17-14)16-9-18-4/h8-10H,5-7H2,1-4H3/b16-9-. The van der Waals surface area contributed by atoms with Crippen molar-refractivity contribution in [1.82, 2.24) is 4.98 Å². The van der Waals surface area contributed by atoms with E-state index < -0.39 is 0 Å². The maximum absolute atomic E-state index is 5.69. The maximum atomic E-state index is 5.69. The summed E-state index contributed by atoms with van der Waals surface area (Å²) in [4.78, 5) is 8.55. The van der Waals surface area contributed by atoms with Gasteiger partial charge >= 0.3 is 0 Å². The van der Waals surface area contributed by atoms with Crippen LogP contribution < -0.4 is 4.74 Å². The second-order valence-electron chi connectivity index (χ2n) is 4.73. The van der Waals surface area contributed by atoms with E-state index in [1.807, 2.05) is 13.0 Å². The molecule has 4 nitrogen and oxygen atoms in total. The van der Waals surface area contributed by atoms with Gasteiger partial charge < -0.3 is 9.47 Å². The van der Waals surface area contributed by atoms with E-state index in [4.69, 9.17) is 9.47 Å². The van der Waals surface area contributed by atoms with Gasteiger partial charge in [0.05, 0.1) is 29.6 Å². The maximum Gasteiger partial charge on any atom is 0.228 e. The van der Waals surface area contributed by atoms with Crippen LogP contribution in [0.1, 0.15) is 32.4 Å². The van der Waals surface area contributed by atoms with Crippen molar-refractivity contribution in [3.05, 3.63) is 16.2 Å². The monoisotopic (exact) mass is 328 g/mol. The summed E-state index contributed by atoms with van der Waals surface area (Å²) in [5, 5.41) is 0. The molecule has 1 aromatic rings. The predicted octanol–water partition coefficient (Wildman–Crippen LogP) is 4.27. The lowest BCUT2D eigenvalue weighted by Crippen LogP contribution is -2.02. The molecular formula is C14H21BrN2O2. The Morgan fingerprint density at radius 2 is 2.21 bits per heavy atom. The Kier molecular flexibility index (Phi) is 6.84. The van der Waals surface area contributed by atoms with Crippen LogP contribution in [-0.2, 0) is 4.74 Å². The third kappa shape index (κ3) is 5.59. The SMILES string of the molecule is CO/C=N\c1cc(Br)c(OCCCC(C)C)nc1C. The highest BCUT2D eigenvalue weighted by atomic mass is 79.9. The molecule has 0 N–H and O–H groups in total. The highest BCUT2D eigenvalue weighted by Gasteiger charge is 2.08. The molecule has 0 bridgehead atoms. The van der Waals surface area contributed by atoms with Crippen molar-refractivity contribution in [2.24, 2.45) is 10.9 Å². The summed E-state index contributed by atoms with van der Waals surface area (Å²) in [5.41, 5.74) is 1.58. The molecule has 1 aromatic heterocycles. The molecule has 0 unspecified atom stereocenters. The second kappa shape index (κ2) is 8.15. The number of pyridine rings is 1. The minimum atomic E-state index is 0.623. The van der Waals surface area contributed by atoms with Gasteiger partial charge in [-0.3, -0.25) is 0 Å². The van der Waals surface area contributed by atoms with Gasteiger partial charge in [-0.15, -0.1) is 0 Å². The second-order valence-corrected chi connectivity index (χ2v) is 5.59. The molecule has 0 saturated heterocycles. The van der Waals surface area contributed by atoms with Crippen LogP contribution in [0.15, 0.2) is 15.5 Å². The fraction of sp³-hybridized carbons (Fsp3) is 0.571. The van der Waals surface area contributed by atoms with Crippen molar-refractivity contribution in [2.75, 3.05) is 13.7 Å². The first-order valence-corrected chi connectivity index (χ1v) is 7.19. The van der Waals surface area contributed by atoms with Gasteiger partial charge in [0.1, 0.15) is 0 Å². The van der Waals surface area contributed by atoms with E-state index >= 15 is 0 Å². The Labute approximate surface area is 123 Å². The van der Waals surface area contributed by atoms with Gasteiger partial charge in [0.2, 0.25) is 5.88 Å². The van der Waals surface area contributed by atoms with Crippen molar-refractivity contribution in [3.8, 4) is 5.88 Å². The number of aromatic nitrogens is 1. The van der Waals surface area contributed by atoms with E-state index in [2.05, 4.69) is 39.8 Å². The third-order valence-electron chi connectivity index (χ3n) is 2.57. The number of hydrogen-bond acceptors (Lipinski definition) is 4. The van der Waals surface area contributed by atoms with Crippen molar-refractivity contribution >= 4 is 28.0 Å². The summed E-state index contributed by atoms with van der Waals surface area (Å²) in [6, 6.07) is 1.88. The van der Waals surface area contributed by atoms with Crippen LogP contribution in [0.2, 0.25) is 0 Å². The van der Waals surface area contributed by atoms with Crippen LogP contribution in [0.3, 0.4) is 0 Å². The average Bonchev–Trinajstić information content (AvgIpc) is 2.36. The number of methoxy groups -OCH3 is 1. The zero-order chi connectivity index (χ0) is 14.3. The molecule has 0 aliphatic rings. The van der Waals surface area contributed by atoms with Crippen molar-refractivity contribution in [3.63, 3.8) is 0 Å². The predicted molar refractivity (Wildman–Crippen MR) is 81.4 cm³/mol. The molecule has 106 valence electrons. The van der Waals surface area contributed by atoms with Crippen molar-refractivity contribution in [2.45, 2.75) is 33.6 Å². The van der Waals surface area contributed by atoms with Crippen LogP contribution in [0.25, 0.3) is 0 Å². The average molecular weight is 329 g/mol. The van der Waals surface area contributed by atoms with E-state index in [0.29, 0.717) is 18.4 Å². The Bertz CT molecular complexity index is 434. The summed E-state index contributed by atoms with van der Waals surface area (Å²) in [5.74, 6) is 1.32. The van der Waals surface area contributed by atoms with E-state index in [-0.39, 0.29) is 0 Å². The Balaban J connectivity index is 2.65. The van der Waals surface area contributed by atoms with Gasteiger partial charge in [-0.25, -0.2) is 9.98 Å². The van der Waals surface area contributed by atoms with Crippen LogP contribution in [0.5, 0.6) is 5.88 Å². The van der Waals surface area contributed by atoms with Crippen LogP contribution in [0.4, 0.5) is 5.69 Å². The Hall–Kier alpha value is -1.10. The van der Waals surface area contributed by atoms with Gasteiger partial charge in [-0.2, -0.15) is 0 Å². The first-order chi connectivity index (χ1) is 9.04. The molecule has 0 radical (unpaired) electrons. The van der Waals surface area contributed by atoms with Crippen LogP contribution >= 0.6 is 15.9 Å². The molecule has 1 rings (SSSR count). The molecule has 5 heteroatoms. The zero-order valence-electron chi connectivity index (χ0n) is 11.9. The number of nitrogens with zero attached hydrogens (tertiary/aromatic N) is 2. The fourth-order valence-corrected chi connectivity index (χ4v) is 1.97. The van der Waals surface area contributed by atoms with Gasteiger partial charge in [0.15, 0.2) is 6.40 Å². The lowest BCUT2D eigenvalue weighted by atomic mass is 10.1. The number of halogens is 1. The van der Waals surface area contributed by atoms with Crippen molar-refractivity contribution < 1.29 is 9.47 Å². The first-order valence-electron chi connectivity index (χ1n) is 6.40. The van der Waals surface area contributed by atoms with E-state index in [1.165, 1.54) is 6.40 Å². The van der Waals surface area contributed by atoms with Gasteiger partial charge in [-0.05, 0) is 47.7 Å². The van der Waals surface area contributed by atoms with Crippen LogP contribution in [-0.4, -0.2) is 25.1 Å². The number of ether oxygens (including phenoxy) is 2. The Morgan fingerprint density at radius 1 is 1.47 bits per heavy atom. The molecule has 0 atom stereocenters. The largest absolute Gasteiger partial charge is 0.486 e. The fourth-order valence-electron chi connectivity index (χ4n) is 1.55. The molecule has 0 saturated carbocycles. The highest BCUT2D eigenvalue weighted by Crippen LogP contribution is 2.29. The number of aliphatic imine (C=N–C) groups is 1. The minimum absolute atomic E-state index is 0.623. The van der Waals surface area contributed by atoms with Crippen molar-refractivity contribution in [1.29, 1.82) is 0 Å². The third-order valence-corrected chi connectivity index (χ3v) is 3.14. The summed E-state index contributed by atoms with van der Waals surface area (Å²) < 4.78 is 11.3. The molecule has 0 aliphatic carbocycles. The Morgan fingerprint density at radius 3 is 2.84 bits per heavy atom. The molecular weight excluding hydrogens is 308 g/mol. The van der Waals surface area contributed by atoms with E-state index in [0.717, 1.165) is 28.7 Å². The zero-order valence-corrected chi connectivity index (χ0v) is 13.5. The molecule has 0 aromatic carbocycles. The minimum Gasteiger partial charge on any atom is -0.486 e. The van der Waals surface area contributed by atoms with E-state index in [1.54, 1.807) is 7.11 Å². The highest BCUT2D eigenvalue weighted by molar-refractivity contribution is 9.10. The molecule has 0 spiro atoms.